The summed E-state index contributed by atoms with van der Waals surface area (Å²) >= 11 is 0. The normalized spacial score (nSPS) is 16.8. The molecule has 3 atom stereocenters. The Morgan fingerprint density at radius 3 is 1.81 bits per heavy atom. The zero-order valence-electron chi connectivity index (χ0n) is 12.2. The Morgan fingerprint density at radius 2 is 1.31 bits per heavy atom. The maximum absolute atomic E-state index is 4.30. The molecule has 0 radical (unpaired) electrons. The van der Waals surface area contributed by atoms with Crippen LogP contribution in [-0.2, 0) is 0 Å². The van der Waals surface area contributed by atoms with Crippen molar-refractivity contribution in [2.45, 2.75) is 73.1 Å². The topological polar surface area (TPSA) is 0 Å². The summed E-state index contributed by atoms with van der Waals surface area (Å²) in [6.45, 7) is 15.9. The predicted molar refractivity (Wildman–Crippen MR) is 75.7 cm³/mol. The van der Waals surface area contributed by atoms with Crippen molar-refractivity contribution in [2.24, 2.45) is 17.8 Å². The number of rotatable bonds is 9. The molecular weight excluding hydrogens is 192 g/mol. The van der Waals surface area contributed by atoms with Gasteiger partial charge in [0.15, 0.2) is 0 Å². The smallest absolute Gasteiger partial charge is 0.0232 e. The fourth-order valence-corrected chi connectivity index (χ4v) is 2.46. The van der Waals surface area contributed by atoms with Gasteiger partial charge in [-0.2, -0.15) is 0 Å². The van der Waals surface area contributed by atoms with Gasteiger partial charge >= 0.3 is 0 Å². The van der Waals surface area contributed by atoms with Crippen molar-refractivity contribution in [3.8, 4) is 0 Å². The summed E-state index contributed by atoms with van der Waals surface area (Å²) in [5.41, 5.74) is 1.48. The molecule has 0 heteroatoms. The van der Waals surface area contributed by atoms with Crippen LogP contribution in [0.2, 0.25) is 0 Å². The highest BCUT2D eigenvalue weighted by Gasteiger charge is 2.14. The molecule has 0 bridgehead atoms. The van der Waals surface area contributed by atoms with Crippen molar-refractivity contribution >= 4 is 0 Å². The van der Waals surface area contributed by atoms with Gasteiger partial charge in [0.2, 0.25) is 0 Å². The molecule has 0 amide bonds. The van der Waals surface area contributed by atoms with Crippen molar-refractivity contribution < 1.29 is 0 Å². The fourth-order valence-electron chi connectivity index (χ4n) is 2.46. The monoisotopic (exact) mass is 224 g/mol. The lowest BCUT2D eigenvalue weighted by Crippen LogP contribution is -2.09. The highest BCUT2D eigenvalue weighted by Crippen LogP contribution is 2.27. The van der Waals surface area contributed by atoms with E-state index < -0.39 is 0 Å². The molecule has 0 aromatic carbocycles. The average molecular weight is 224 g/mol. The van der Waals surface area contributed by atoms with Crippen molar-refractivity contribution in [3.05, 3.63) is 12.2 Å². The van der Waals surface area contributed by atoms with Crippen LogP contribution in [0.5, 0.6) is 0 Å². The van der Waals surface area contributed by atoms with E-state index in [-0.39, 0.29) is 0 Å². The summed E-state index contributed by atoms with van der Waals surface area (Å²) in [5.74, 6) is 2.31. The molecule has 16 heavy (non-hydrogen) atoms. The summed E-state index contributed by atoms with van der Waals surface area (Å²) in [6, 6.07) is 0. The van der Waals surface area contributed by atoms with Gasteiger partial charge in [-0.05, 0) is 30.6 Å². The van der Waals surface area contributed by atoms with E-state index in [1.165, 1.54) is 44.1 Å². The molecule has 0 aliphatic rings. The Labute approximate surface area is 104 Å². The lowest BCUT2D eigenvalue weighted by Gasteiger charge is -2.22. The summed E-state index contributed by atoms with van der Waals surface area (Å²) in [5, 5.41) is 0. The second-order valence-electron chi connectivity index (χ2n) is 5.64. The Morgan fingerprint density at radius 1 is 0.812 bits per heavy atom. The largest absolute Gasteiger partial charge is 0.0993 e. The second kappa shape index (κ2) is 8.84. The standard InChI is InChI=1S/C16H32/c1-7-9-13(3)11-12-15(5)16(6)14(4)10-8-2/h13-15H,6-12H2,1-5H3. The van der Waals surface area contributed by atoms with Gasteiger partial charge in [0.05, 0.1) is 0 Å². The molecule has 0 saturated carbocycles. The molecule has 0 aromatic rings. The molecule has 0 aliphatic heterocycles. The molecular formula is C16H32. The van der Waals surface area contributed by atoms with Gasteiger partial charge < -0.3 is 0 Å². The minimum Gasteiger partial charge on any atom is -0.0993 e. The molecule has 0 heterocycles. The zero-order valence-corrected chi connectivity index (χ0v) is 12.2. The maximum atomic E-state index is 4.30. The van der Waals surface area contributed by atoms with E-state index in [2.05, 4.69) is 41.2 Å². The van der Waals surface area contributed by atoms with Gasteiger partial charge in [-0.3, -0.25) is 0 Å². The fraction of sp³-hybridized carbons (Fsp3) is 0.875. The molecule has 0 fully saturated rings. The quantitative estimate of drug-likeness (QED) is 0.432. The van der Waals surface area contributed by atoms with Gasteiger partial charge in [-0.1, -0.05) is 72.5 Å². The first-order chi connectivity index (χ1) is 7.52. The third-order valence-electron chi connectivity index (χ3n) is 3.86. The van der Waals surface area contributed by atoms with Crippen LogP contribution in [0.15, 0.2) is 12.2 Å². The van der Waals surface area contributed by atoms with Crippen LogP contribution in [0.25, 0.3) is 0 Å². The van der Waals surface area contributed by atoms with Gasteiger partial charge in [-0.25, -0.2) is 0 Å². The molecule has 0 nitrogen and oxygen atoms in total. The summed E-state index contributed by atoms with van der Waals surface area (Å²) in [6.07, 6.45) is 7.97. The Bertz CT molecular complexity index is 180. The second-order valence-corrected chi connectivity index (χ2v) is 5.64. The molecule has 3 unspecified atom stereocenters. The summed E-state index contributed by atoms with van der Waals surface area (Å²) < 4.78 is 0. The third kappa shape index (κ3) is 6.35. The molecule has 0 saturated heterocycles. The highest BCUT2D eigenvalue weighted by atomic mass is 14.2. The van der Waals surface area contributed by atoms with Crippen molar-refractivity contribution in [1.29, 1.82) is 0 Å². The van der Waals surface area contributed by atoms with Gasteiger partial charge in [0, 0.05) is 0 Å². The number of hydrogen-bond donors (Lipinski definition) is 0. The minimum atomic E-state index is 0.709. The minimum absolute atomic E-state index is 0.709. The van der Waals surface area contributed by atoms with E-state index in [0.29, 0.717) is 11.8 Å². The van der Waals surface area contributed by atoms with E-state index in [1.54, 1.807) is 0 Å². The van der Waals surface area contributed by atoms with Gasteiger partial charge in [-0.15, -0.1) is 0 Å². The van der Waals surface area contributed by atoms with E-state index >= 15 is 0 Å². The maximum Gasteiger partial charge on any atom is -0.0232 e. The third-order valence-corrected chi connectivity index (χ3v) is 3.86. The van der Waals surface area contributed by atoms with E-state index in [4.69, 9.17) is 0 Å². The van der Waals surface area contributed by atoms with Crippen molar-refractivity contribution in [3.63, 3.8) is 0 Å². The molecule has 96 valence electrons. The van der Waals surface area contributed by atoms with Crippen LogP contribution < -0.4 is 0 Å². The van der Waals surface area contributed by atoms with Crippen LogP contribution in [-0.4, -0.2) is 0 Å². The van der Waals surface area contributed by atoms with Crippen LogP contribution in [0.1, 0.15) is 73.1 Å². The molecule has 0 aliphatic carbocycles. The predicted octanol–water partition coefficient (Wildman–Crippen LogP) is 5.83. The van der Waals surface area contributed by atoms with Gasteiger partial charge in [0.25, 0.3) is 0 Å². The molecule has 0 spiro atoms. The van der Waals surface area contributed by atoms with Crippen LogP contribution >= 0.6 is 0 Å². The number of allylic oxidation sites excluding steroid dienone is 1. The van der Waals surface area contributed by atoms with E-state index in [9.17, 15) is 0 Å². The van der Waals surface area contributed by atoms with Gasteiger partial charge in [0.1, 0.15) is 0 Å². The SMILES string of the molecule is C=C(C(C)CCC)C(C)CCC(C)CCC. The Balaban J connectivity index is 3.86. The van der Waals surface area contributed by atoms with E-state index in [0.717, 1.165) is 5.92 Å². The first-order valence-electron chi connectivity index (χ1n) is 7.21. The van der Waals surface area contributed by atoms with Crippen LogP contribution in [0.3, 0.4) is 0 Å². The molecule has 0 rings (SSSR count). The zero-order chi connectivity index (χ0) is 12.6. The summed E-state index contributed by atoms with van der Waals surface area (Å²) in [4.78, 5) is 0. The van der Waals surface area contributed by atoms with Crippen LogP contribution in [0.4, 0.5) is 0 Å². The molecule has 0 N–H and O–H groups in total. The lowest BCUT2D eigenvalue weighted by molar-refractivity contribution is 0.413. The molecule has 0 aromatic heterocycles. The lowest BCUT2D eigenvalue weighted by atomic mass is 9.84. The van der Waals surface area contributed by atoms with E-state index in [1.807, 2.05) is 0 Å². The summed E-state index contributed by atoms with van der Waals surface area (Å²) in [7, 11) is 0. The van der Waals surface area contributed by atoms with Crippen molar-refractivity contribution in [1.82, 2.24) is 0 Å². The Hall–Kier alpha value is -0.260. The number of hydrogen-bond acceptors (Lipinski definition) is 0. The first kappa shape index (κ1) is 15.7. The first-order valence-corrected chi connectivity index (χ1v) is 7.21. The average Bonchev–Trinajstić information content (AvgIpc) is 2.25. The van der Waals surface area contributed by atoms with Crippen LogP contribution in [0, 0.1) is 17.8 Å². The van der Waals surface area contributed by atoms with Crippen molar-refractivity contribution in [2.75, 3.05) is 0 Å². The highest BCUT2D eigenvalue weighted by molar-refractivity contribution is 5.03. The Kier molecular flexibility index (Phi) is 8.70.